The lowest BCUT2D eigenvalue weighted by Crippen LogP contribution is -2.35. The number of benzene rings is 1. The third kappa shape index (κ3) is 5.77. The van der Waals surface area contributed by atoms with Crippen molar-refractivity contribution >= 4 is 17.2 Å². The first kappa shape index (κ1) is 17.6. The van der Waals surface area contributed by atoms with E-state index < -0.39 is 0 Å². The van der Waals surface area contributed by atoms with Crippen LogP contribution in [0.3, 0.4) is 0 Å². The minimum atomic E-state index is -0.372. The van der Waals surface area contributed by atoms with Crippen LogP contribution in [-0.4, -0.2) is 28.6 Å². The fraction of sp³-hybridized carbons (Fsp3) is 0.444. The molecule has 2 rings (SSSR count). The third-order valence-electron chi connectivity index (χ3n) is 3.55. The predicted octanol–water partition coefficient (Wildman–Crippen LogP) is 3.26. The molecule has 0 saturated carbocycles. The molecule has 1 amide bonds. The third-order valence-corrected chi connectivity index (χ3v) is 4.55. The molecule has 1 heterocycles. The first-order chi connectivity index (χ1) is 10.9. The summed E-state index contributed by atoms with van der Waals surface area (Å²) >= 11 is 1.43. The van der Waals surface area contributed by atoms with Gasteiger partial charge >= 0.3 is 0 Å². The van der Waals surface area contributed by atoms with E-state index in [4.69, 9.17) is 0 Å². The predicted molar refractivity (Wildman–Crippen MR) is 93.8 cm³/mol. The van der Waals surface area contributed by atoms with E-state index in [1.54, 1.807) is 13.1 Å². The summed E-state index contributed by atoms with van der Waals surface area (Å²) in [5.41, 5.74) is 1.05. The fourth-order valence-electron chi connectivity index (χ4n) is 2.55. The molecule has 2 N–H and O–H groups in total. The SMILES string of the molecule is CC(O)CC(C)(C)CNC(=O)c1cnc(Cc2ccccc2)s1. The smallest absolute Gasteiger partial charge is 0.263 e. The van der Waals surface area contributed by atoms with Gasteiger partial charge in [0.2, 0.25) is 0 Å². The summed E-state index contributed by atoms with van der Waals surface area (Å²) in [6.07, 6.45) is 2.66. The van der Waals surface area contributed by atoms with E-state index in [2.05, 4.69) is 22.4 Å². The normalized spacial score (nSPS) is 12.9. The van der Waals surface area contributed by atoms with Crippen molar-refractivity contribution in [2.24, 2.45) is 5.41 Å². The van der Waals surface area contributed by atoms with Crippen LogP contribution in [0.25, 0.3) is 0 Å². The molecular formula is C18H24N2O2S. The van der Waals surface area contributed by atoms with Gasteiger partial charge in [-0.25, -0.2) is 4.98 Å². The van der Waals surface area contributed by atoms with E-state index in [9.17, 15) is 9.90 Å². The van der Waals surface area contributed by atoms with Gasteiger partial charge in [0.15, 0.2) is 0 Å². The van der Waals surface area contributed by atoms with Crippen LogP contribution in [0.1, 0.15) is 47.4 Å². The number of rotatable bonds is 7. The number of carbonyl (C=O) groups excluding carboxylic acids is 1. The quantitative estimate of drug-likeness (QED) is 0.818. The summed E-state index contributed by atoms with van der Waals surface area (Å²) < 4.78 is 0. The Balaban J connectivity index is 1.91. The highest BCUT2D eigenvalue weighted by Crippen LogP contribution is 2.22. The number of nitrogens with one attached hydrogen (secondary N) is 1. The van der Waals surface area contributed by atoms with Gasteiger partial charge in [-0.15, -0.1) is 11.3 Å². The Kier molecular flexibility index (Phi) is 5.91. The molecule has 23 heavy (non-hydrogen) atoms. The summed E-state index contributed by atoms with van der Waals surface area (Å²) in [5.74, 6) is -0.0968. The van der Waals surface area contributed by atoms with Gasteiger partial charge in [0.25, 0.3) is 5.91 Å². The minimum Gasteiger partial charge on any atom is -0.393 e. The molecular weight excluding hydrogens is 308 g/mol. The van der Waals surface area contributed by atoms with E-state index in [0.717, 1.165) is 11.4 Å². The van der Waals surface area contributed by atoms with E-state index >= 15 is 0 Å². The average Bonchev–Trinajstić information content (AvgIpc) is 2.93. The van der Waals surface area contributed by atoms with Crippen molar-refractivity contribution in [1.29, 1.82) is 0 Å². The van der Waals surface area contributed by atoms with Crippen LogP contribution in [0.15, 0.2) is 36.5 Å². The number of hydrogen-bond donors (Lipinski definition) is 2. The van der Waals surface area contributed by atoms with Gasteiger partial charge < -0.3 is 10.4 Å². The molecule has 5 heteroatoms. The van der Waals surface area contributed by atoms with E-state index in [1.165, 1.54) is 16.9 Å². The molecule has 0 spiro atoms. The van der Waals surface area contributed by atoms with Gasteiger partial charge in [-0.2, -0.15) is 0 Å². The highest BCUT2D eigenvalue weighted by molar-refractivity contribution is 7.13. The highest BCUT2D eigenvalue weighted by Gasteiger charge is 2.22. The summed E-state index contributed by atoms with van der Waals surface area (Å²) in [6, 6.07) is 10.1. The Morgan fingerprint density at radius 1 is 1.35 bits per heavy atom. The molecule has 0 bridgehead atoms. The molecule has 1 aromatic heterocycles. The number of amides is 1. The average molecular weight is 332 g/mol. The van der Waals surface area contributed by atoms with Crippen LogP contribution in [0, 0.1) is 5.41 Å². The van der Waals surface area contributed by atoms with Crippen LogP contribution in [0.5, 0.6) is 0 Å². The lowest BCUT2D eigenvalue weighted by atomic mass is 9.87. The Morgan fingerprint density at radius 3 is 2.70 bits per heavy atom. The Hall–Kier alpha value is -1.72. The molecule has 0 aliphatic carbocycles. The van der Waals surface area contributed by atoms with Gasteiger partial charge in [-0.3, -0.25) is 4.79 Å². The van der Waals surface area contributed by atoms with Crippen LogP contribution < -0.4 is 5.32 Å². The maximum atomic E-state index is 12.2. The maximum absolute atomic E-state index is 12.2. The molecule has 124 valence electrons. The Bertz CT molecular complexity index is 635. The molecule has 1 atom stereocenters. The van der Waals surface area contributed by atoms with E-state index in [-0.39, 0.29) is 17.4 Å². The minimum absolute atomic E-state index is 0.0968. The molecule has 4 nitrogen and oxygen atoms in total. The van der Waals surface area contributed by atoms with Crippen molar-refractivity contribution in [2.45, 2.75) is 39.7 Å². The molecule has 0 aliphatic heterocycles. The number of carbonyl (C=O) groups is 1. The van der Waals surface area contributed by atoms with Gasteiger partial charge in [-0.05, 0) is 24.3 Å². The summed E-state index contributed by atoms with van der Waals surface area (Å²) in [4.78, 5) is 17.2. The second-order valence-electron chi connectivity index (χ2n) is 6.68. The Labute approximate surface area is 141 Å². The standard InChI is InChI=1S/C18H24N2O2S/c1-13(21)10-18(2,3)12-20-17(22)15-11-19-16(23-15)9-14-7-5-4-6-8-14/h4-8,11,13,21H,9-10,12H2,1-3H3,(H,20,22). The number of aliphatic hydroxyl groups excluding tert-OH is 1. The lowest BCUT2D eigenvalue weighted by molar-refractivity contribution is 0.0905. The summed E-state index contributed by atoms with van der Waals surface area (Å²) in [7, 11) is 0. The van der Waals surface area contributed by atoms with E-state index in [0.29, 0.717) is 17.8 Å². The van der Waals surface area contributed by atoms with Crippen LogP contribution in [0.4, 0.5) is 0 Å². The molecule has 0 radical (unpaired) electrons. The molecule has 0 fully saturated rings. The van der Waals surface area contributed by atoms with Crippen molar-refractivity contribution in [2.75, 3.05) is 6.54 Å². The first-order valence-electron chi connectivity index (χ1n) is 7.81. The van der Waals surface area contributed by atoms with Crippen molar-refractivity contribution in [3.05, 3.63) is 52.0 Å². The lowest BCUT2D eigenvalue weighted by Gasteiger charge is -2.26. The molecule has 1 unspecified atom stereocenters. The van der Waals surface area contributed by atoms with Crippen molar-refractivity contribution in [3.8, 4) is 0 Å². The van der Waals surface area contributed by atoms with Crippen LogP contribution >= 0.6 is 11.3 Å². The Morgan fingerprint density at radius 2 is 2.04 bits per heavy atom. The second-order valence-corrected chi connectivity index (χ2v) is 7.80. The van der Waals surface area contributed by atoms with Crippen molar-refractivity contribution in [1.82, 2.24) is 10.3 Å². The zero-order valence-corrected chi connectivity index (χ0v) is 14.7. The number of aliphatic hydroxyl groups is 1. The molecule has 1 aromatic carbocycles. The van der Waals surface area contributed by atoms with Crippen LogP contribution in [-0.2, 0) is 6.42 Å². The molecule has 0 aliphatic rings. The first-order valence-corrected chi connectivity index (χ1v) is 8.62. The fourth-order valence-corrected chi connectivity index (χ4v) is 3.41. The number of nitrogens with zero attached hydrogens (tertiary/aromatic N) is 1. The highest BCUT2D eigenvalue weighted by atomic mass is 32.1. The number of hydrogen-bond acceptors (Lipinski definition) is 4. The molecule has 2 aromatic rings. The zero-order valence-electron chi connectivity index (χ0n) is 13.9. The van der Waals surface area contributed by atoms with Gasteiger partial charge in [-0.1, -0.05) is 44.2 Å². The summed E-state index contributed by atoms with van der Waals surface area (Å²) in [6.45, 7) is 6.37. The van der Waals surface area contributed by atoms with Gasteiger partial charge in [0.05, 0.1) is 17.3 Å². The molecule has 0 saturated heterocycles. The maximum Gasteiger partial charge on any atom is 0.263 e. The summed E-state index contributed by atoms with van der Waals surface area (Å²) in [5, 5.41) is 13.4. The largest absolute Gasteiger partial charge is 0.393 e. The van der Waals surface area contributed by atoms with Gasteiger partial charge in [0.1, 0.15) is 4.88 Å². The van der Waals surface area contributed by atoms with E-state index in [1.807, 2.05) is 32.0 Å². The monoisotopic (exact) mass is 332 g/mol. The topological polar surface area (TPSA) is 62.2 Å². The number of thiazole rings is 1. The van der Waals surface area contributed by atoms with Crippen LogP contribution in [0.2, 0.25) is 0 Å². The van der Waals surface area contributed by atoms with Gasteiger partial charge in [0, 0.05) is 13.0 Å². The van der Waals surface area contributed by atoms with Crippen molar-refractivity contribution in [3.63, 3.8) is 0 Å². The number of aromatic nitrogens is 1. The van der Waals surface area contributed by atoms with Crippen molar-refractivity contribution < 1.29 is 9.90 Å². The zero-order chi connectivity index (χ0) is 16.9. The second kappa shape index (κ2) is 7.70.